The van der Waals surface area contributed by atoms with Crippen molar-refractivity contribution in [1.29, 1.82) is 0 Å². The van der Waals surface area contributed by atoms with Crippen molar-refractivity contribution in [1.82, 2.24) is 20.9 Å². The molecule has 322 valence electrons. The molecule has 0 spiro atoms. The van der Waals surface area contributed by atoms with Crippen molar-refractivity contribution in [3.05, 3.63) is 0 Å². The number of nitrogens with one attached hydrogen (secondary N) is 3. The average Bonchev–Trinajstić information content (AvgIpc) is 3.15. The maximum Gasteiger partial charge on any atom is 0.407 e. The molecule has 0 aromatic carbocycles. The zero-order valence-electron chi connectivity index (χ0n) is 33.2. The second-order valence-corrected chi connectivity index (χ2v) is 13.0. The molecule has 1 heterocycles. The van der Waals surface area contributed by atoms with E-state index in [0.717, 1.165) is 0 Å². The minimum Gasteiger partial charge on any atom is -0.447 e. The number of hydrogen-bond donors (Lipinski definition) is 4. The predicted octanol–water partition coefficient (Wildman–Crippen LogP) is 0.327. The van der Waals surface area contributed by atoms with Crippen molar-refractivity contribution < 1.29 is 76.4 Å². The molecule has 0 atom stereocenters. The predicted molar refractivity (Wildman–Crippen MR) is 196 cm³/mol. The molecule has 55 heavy (non-hydrogen) atoms. The highest BCUT2D eigenvalue weighted by molar-refractivity contribution is 5.76. The molecule has 0 bridgehead atoms. The lowest BCUT2D eigenvalue weighted by Gasteiger charge is -2.35. The van der Waals surface area contributed by atoms with E-state index in [1.807, 2.05) is 0 Å². The molecule has 20 heteroatoms. The Kier molecular flexibility index (Phi) is 29.1. The van der Waals surface area contributed by atoms with Crippen LogP contribution in [0.4, 0.5) is 14.4 Å². The molecule has 1 rings (SSSR count). The summed E-state index contributed by atoms with van der Waals surface area (Å²) in [5.74, 6) is 0.0477. The van der Waals surface area contributed by atoms with E-state index < -0.39 is 29.3 Å². The Morgan fingerprint density at radius 1 is 0.564 bits per heavy atom. The Morgan fingerprint density at radius 2 is 0.927 bits per heavy atom. The van der Waals surface area contributed by atoms with E-state index in [9.17, 15) is 24.3 Å². The Bertz CT molecular complexity index is 936. The number of nitrogens with zero attached hydrogens (tertiary/aromatic N) is 1. The number of rotatable bonds is 33. The van der Waals surface area contributed by atoms with Gasteiger partial charge in [-0.1, -0.05) is 0 Å². The van der Waals surface area contributed by atoms with E-state index in [0.29, 0.717) is 84.8 Å². The fourth-order valence-corrected chi connectivity index (χ4v) is 4.84. The lowest BCUT2D eigenvalue weighted by atomic mass is 9.92. The highest BCUT2D eigenvalue weighted by Gasteiger charge is 2.33. The number of hydrogen-bond acceptors (Lipinski definition) is 16. The van der Waals surface area contributed by atoms with Crippen LogP contribution in [0.5, 0.6) is 0 Å². The molecular formula is C35H66N4O16. The molecule has 4 amide bonds. The summed E-state index contributed by atoms with van der Waals surface area (Å²) >= 11 is 0. The average molecular weight is 799 g/mol. The van der Waals surface area contributed by atoms with Crippen LogP contribution in [0, 0.1) is 5.41 Å². The molecule has 4 N–H and O–H groups in total. The van der Waals surface area contributed by atoms with Crippen molar-refractivity contribution in [3.63, 3.8) is 0 Å². The summed E-state index contributed by atoms with van der Waals surface area (Å²) in [4.78, 5) is 50.0. The lowest BCUT2D eigenvalue weighted by Crippen LogP contribution is -2.45. The van der Waals surface area contributed by atoms with Crippen molar-refractivity contribution in [2.24, 2.45) is 5.41 Å². The van der Waals surface area contributed by atoms with Gasteiger partial charge < -0.3 is 78.1 Å². The van der Waals surface area contributed by atoms with Gasteiger partial charge in [0.05, 0.1) is 90.3 Å². The second-order valence-electron chi connectivity index (χ2n) is 13.0. The van der Waals surface area contributed by atoms with Gasteiger partial charge in [0.15, 0.2) is 0 Å². The third kappa shape index (κ3) is 27.2. The number of likely N-dealkylation sites (tertiary alicyclic amines) is 1. The van der Waals surface area contributed by atoms with Crippen LogP contribution in [-0.2, 0) is 56.9 Å². The van der Waals surface area contributed by atoms with Crippen LogP contribution in [0.1, 0.15) is 32.6 Å². The first-order chi connectivity index (χ1) is 26.6. The molecule has 0 saturated carbocycles. The fourth-order valence-electron chi connectivity index (χ4n) is 4.84. The first-order valence-electron chi connectivity index (χ1n) is 18.6. The summed E-state index contributed by atoms with van der Waals surface area (Å²) < 4.78 is 59.6. The summed E-state index contributed by atoms with van der Waals surface area (Å²) in [5, 5.41) is 17.8. The number of amides is 4. The van der Waals surface area contributed by atoms with E-state index in [1.165, 1.54) is 21.3 Å². The smallest absolute Gasteiger partial charge is 0.407 e. The van der Waals surface area contributed by atoms with E-state index >= 15 is 0 Å². The summed E-state index contributed by atoms with van der Waals surface area (Å²) in [6.07, 6.45) is 0.217. The maximum atomic E-state index is 12.5. The van der Waals surface area contributed by atoms with Gasteiger partial charge in [-0.3, -0.25) is 4.79 Å². The monoisotopic (exact) mass is 798 g/mol. The van der Waals surface area contributed by atoms with Crippen LogP contribution in [0.2, 0.25) is 0 Å². The molecule has 0 unspecified atom stereocenters. The molecular weight excluding hydrogens is 732 g/mol. The van der Waals surface area contributed by atoms with Gasteiger partial charge in [-0.2, -0.15) is 0 Å². The molecule has 0 aliphatic carbocycles. The van der Waals surface area contributed by atoms with Crippen LogP contribution in [0.15, 0.2) is 0 Å². The molecule has 0 aromatic rings. The molecule has 1 aliphatic rings. The van der Waals surface area contributed by atoms with Gasteiger partial charge in [0.25, 0.3) is 0 Å². The standard InChI is InChI=1S/C35H66N4O16/c1-34(44)7-12-39(13-8-34)30(40)6-5-14-48-18-19-49-26-35(27-50-20-23-53-31(41)36-9-15-45-2,28-51-21-24-54-32(42)37-10-16-46-3)29-52-22-25-55-33(43)38-11-17-47-4/h44H,5-29H2,1-4H3,(H,36,41)(H,37,42)(H,38,43). The second kappa shape index (κ2) is 32.1. The number of piperidine rings is 1. The highest BCUT2D eigenvalue weighted by Crippen LogP contribution is 2.22. The van der Waals surface area contributed by atoms with Gasteiger partial charge in [-0.25, -0.2) is 14.4 Å². The SMILES string of the molecule is COCCNC(=O)OCCOCC(COCCOCCCC(=O)N1CCC(C)(O)CC1)(COCCOC(=O)NCCOC)COCCOC(=O)NCCOC. The third-order valence-electron chi connectivity index (χ3n) is 7.99. The maximum absolute atomic E-state index is 12.5. The molecule has 1 saturated heterocycles. The topological polar surface area (TPSA) is 229 Å². The normalized spacial score (nSPS) is 13.9. The summed E-state index contributed by atoms with van der Waals surface area (Å²) in [6, 6.07) is 0. The third-order valence-corrected chi connectivity index (χ3v) is 7.99. The lowest BCUT2D eigenvalue weighted by molar-refractivity contribution is -0.135. The molecule has 1 fully saturated rings. The molecule has 0 radical (unpaired) electrons. The van der Waals surface area contributed by atoms with Crippen molar-refractivity contribution in [2.45, 2.75) is 38.2 Å². The zero-order chi connectivity index (χ0) is 40.5. The van der Waals surface area contributed by atoms with E-state index in [2.05, 4.69) is 16.0 Å². The number of alkyl carbamates (subject to hydrolysis) is 3. The summed E-state index contributed by atoms with van der Waals surface area (Å²) in [7, 11) is 4.57. The van der Waals surface area contributed by atoms with E-state index in [4.69, 9.17) is 52.1 Å². The minimum absolute atomic E-state index is 0.0234. The first kappa shape index (κ1) is 49.9. The van der Waals surface area contributed by atoms with Crippen LogP contribution >= 0.6 is 0 Å². The van der Waals surface area contributed by atoms with Gasteiger partial charge in [-0.05, 0) is 26.2 Å². The Labute approximate surface area is 324 Å². The summed E-state index contributed by atoms with van der Waals surface area (Å²) in [6.45, 7) is 6.08. The van der Waals surface area contributed by atoms with Crippen LogP contribution in [0.25, 0.3) is 0 Å². The van der Waals surface area contributed by atoms with E-state index in [-0.39, 0.29) is 85.2 Å². The Balaban J connectivity index is 2.72. The highest BCUT2D eigenvalue weighted by atomic mass is 16.6. The van der Waals surface area contributed by atoms with Gasteiger partial charge in [0.1, 0.15) is 19.8 Å². The van der Waals surface area contributed by atoms with Crippen LogP contribution < -0.4 is 16.0 Å². The molecule has 0 aromatic heterocycles. The minimum atomic E-state index is -0.895. The van der Waals surface area contributed by atoms with Gasteiger partial charge in [0, 0.05) is 67.1 Å². The first-order valence-corrected chi connectivity index (χ1v) is 18.6. The van der Waals surface area contributed by atoms with Crippen LogP contribution in [-0.4, -0.2) is 200 Å². The molecule has 1 aliphatic heterocycles. The number of ether oxygens (including phenoxy) is 11. The largest absolute Gasteiger partial charge is 0.447 e. The number of aliphatic hydroxyl groups is 1. The fraction of sp³-hybridized carbons (Fsp3) is 0.886. The number of carbonyl (C=O) groups excluding carboxylic acids is 4. The van der Waals surface area contributed by atoms with Crippen molar-refractivity contribution >= 4 is 24.2 Å². The zero-order valence-corrected chi connectivity index (χ0v) is 33.2. The van der Waals surface area contributed by atoms with Crippen molar-refractivity contribution in [2.75, 3.05) is 160 Å². The quantitative estimate of drug-likeness (QED) is 0.0518. The number of carbonyl (C=O) groups is 4. The summed E-state index contributed by atoms with van der Waals surface area (Å²) in [5.41, 5.74) is -1.61. The Morgan fingerprint density at radius 3 is 1.31 bits per heavy atom. The van der Waals surface area contributed by atoms with Crippen LogP contribution in [0.3, 0.4) is 0 Å². The number of methoxy groups -OCH3 is 3. The van der Waals surface area contributed by atoms with Gasteiger partial charge >= 0.3 is 18.3 Å². The van der Waals surface area contributed by atoms with Gasteiger partial charge in [-0.15, -0.1) is 0 Å². The van der Waals surface area contributed by atoms with E-state index in [1.54, 1.807) is 11.8 Å². The van der Waals surface area contributed by atoms with Crippen molar-refractivity contribution in [3.8, 4) is 0 Å². The molecule has 20 nitrogen and oxygen atoms in total. The Hall–Kier alpha value is -3.08. The van der Waals surface area contributed by atoms with Gasteiger partial charge in [0.2, 0.25) is 5.91 Å².